The Kier molecular flexibility index (Phi) is 6.87. The molecule has 0 saturated carbocycles. The summed E-state index contributed by atoms with van der Waals surface area (Å²) in [6.45, 7) is 4.75. The van der Waals surface area contributed by atoms with E-state index in [0.717, 1.165) is 15.7 Å². The Morgan fingerprint density at radius 3 is 2.06 bits per heavy atom. The zero-order valence-corrected chi connectivity index (χ0v) is 18.1. The molecule has 0 unspecified atom stereocenters. The van der Waals surface area contributed by atoms with Crippen LogP contribution in [0, 0.1) is 0 Å². The lowest BCUT2D eigenvalue weighted by Crippen LogP contribution is -2.44. The van der Waals surface area contributed by atoms with Crippen molar-refractivity contribution in [3.05, 3.63) is 98.2 Å². The summed E-state index contributed by atoms with van der Waals surface area (Å²) in [4.78, 5) is 40.7. The minimum absolute atomic E-state index is 0.0234. The number of anilines is 1. The number of carbonyl (C=O) groups excluding carboxylic acids is 1. The number of nitrogen functional groups attached to an aromatic ring is 1. The number of aromatic nitrogens is 2. The average Bonchev–Trinajstić information content (AvgIpc) is 2.76. The second-order valence-electron chi connectivity index (χ2n) is 7.89. The zero-order chi connectivity index (χ0) is 22.5. The number of nitrogens with two attached hydrogens (primary N) is 1. The number of ketones is 1. The molecular weight excluding hydrogens is 392 g/mol. The van der Waals surface area contributed by atoms with Gasteiger partial charge in [-0.15, -0.1) is 0 Å². The second kappa shape index (κ2) is 9.57. The predicted octanol–water partition coefficient (Wildman–Crippen LogP) is 2.27. The normalized spacial score (nSPS) is 11.3. The van der Waals surface area contributed by atoms with E-state index in [9.17, 15) is 14.4 Å². The van der Waals surface area contributed by atoms with Gasteiger partial charge in [0.25, 0.3) is 5.56 Å². The Labute approximate surface area is 181 Å². The van der Waals surface area contributed by atoms with Gasteiger partial charge in [-0.1, -0.05) is 60.7 Å². The quantitative estimate of drug-likeness (QED) is 0.565. The molecule has 0 bridgehead atoms. The van der Waals surface area contributed by atoms with Crippen molar-refractivity contribution in [2.75, 3.05) is 12.3 Å². The summed E-state index contributed by atoms with van der Waals surface area (Å²) in [5.74, 6) is -0.491. The maximum Gasteiger partial charge on any atom is 0.332 e. The number of hydrogen-bond donors (Lipinski definition) is 1. The fourth-order valence-corrected chi connectivity index (χ4v) is 3.47. The molecule has 3 aromatic rings. The van der Waals surface area contributed by atoms with Gasteiger partial charge < -0.3 is 5.73 Å². The van der Waals surface area contributed by atoms with Gasteiger partial charge in [0, 0.05) is 19.6 Å². The molecule has 162 valence electrons. The van der Waals surface area contributed by atoms with Crippen LogP contribution in [0.2, 0.25) is 0 Å². The van der Waals surface area contributed by atoms with Crippen molar-refractivity contribution in [1.29, 1.82) is 0 Å². The Bertz CT molecular complexity index is 1170. The van der Waals surface area contributed by atoms with E-state index in [1.807, 2.05) is 79.4 Å². The Morgan fingerprint density at radius 1 is 0.968 bits per heavy atom. The summed E-state index contributed by atoms with van der Waals surface area (Å²) in [7, 11) is 1.37. The standard InChI is InChI=1S/C24H28N4O3/c1-17(2)27(14-18-10-6-4-7-11-18)16-20(29)21-22(25)28(24(31)26(3)23(21)30)15-19-12-8-5-9-13-19/h4-13,17H,14-16,25H2,1-3H3. The van der Waals surface area contributed by atoms with Crippen LogP contribution in [0.25, 0.3) is 0 Å². The molecule has 0 aliphatic carbocycles. The molecule has 7 nitrogen and oxygen atoms in total. The molecule has 0 spiro atoms. The van der Waals surface area contributed by atoms with E-state index < -0.39 is 17.0 Å². The highest BCUT2D eigenvalue weighted by molar-refractivity contribution is 6.01. The Hall–Kier alpha value is -3.45. The van der Waals surface area contributed by atoms with Crippen molar-refractivity contribution in [1.82, 2.24) is 14.0 Å². The average molecular weight is 421 g/mol. The van der Waals surface area contributed by atoms with Crippen molar-refractivity contribution in [2.24, 2.45) is 7.05 Å². The van der Waals surface area contributed by atoms with Crippen molar-refractivity contribution in [3.63, 3.8) is 0 Å². The first kappa shape index (κ1) is 22.2. The van der Waals surface area contributed by atoms with Crippen LogP contribution in [0.1, 0.15) is 35.3 Å². The molecule has 2 N–H and O–H groups in total. The highest BCUT2D eigenvalue weighted by Gasteiger charge is 2.24. The molecular formula is C24H28N4O3. The van der Waals surface area contributed by atoms with E-state index in [2.05, 4.69) is 0 Å². The van der Waals surface area contributed by atoms with Crippen LogP contribution in [0.3, 0.4) is 0 Å². The van der Waals surface area contributed by atoms with Gasteiger partial charge in [-0.05, 0) is 25.0 Å². The van der Waals surface area contributed by atoms with Crippen LogP contribution in [0.4, 0.5) is 5.82 Å². The van der Waals surface area contributed by atoms with E-state index in [1.165, 1.54) is 11.6 Å². The molecule has 31 heavy (non-hydrogen) atoms. The number of Topliss-reactive ketones (excluding diaryl/α,β-unsaturated/α-hetero) is 1. The van der Waals surface area contributed by atoms with E-state index in [4.69, 9.17) is 5.73 Å². The number of hydrogen-bond acceptors (Lipinski definition) is 5. The molecule has 0 saturated heterocycles. The zero-order valence-electron chi connectivity index (χ0n) is 18.1. The second-order valence-corrected chi connectivity index (χ2v) is 7.89. The lowest BCUT2D eigenvalue weighted by atomic mass is 10.1. The number of benzene rings is 2. The van der Waals surface area contributed by atoms with E-state index in [1.54, 1.807) is 0 Å². The highest BCUT2D eigenvalue weighted by atomic mass is 16.2. The van der Waals surface area contributed by atoms with Crippen molar-refractivity contribution < 1.29 is 4.79 Å². The van der Waals surface area contributed by atoms with Crippen molar-refractivity contribution in [3.8, 4) is 0 Å². The molecule has 0 atom stereocenters. The minimum Gasteiger partial charge on any atom is -0.384 e. The predicted molar refractivity (Wildman–Crippen MR) is 122 cm³/mol. The third-order valence-corrected chi connectivity index (χ3v) is 5.35. The van der Waals surface area contributed by atoms with Crippen LogP contribution in [0.15, 0.2) is 70.3 Å². The Balaban J connectivity index is 1.96. The first-order chi connectivity index (χ1) is 14.8. The maximum atomic E-state index is 13.2. The maximum absolute atomic E-state index is 13.2. The molecule has 1 aromatic heterocycles. The number of carbonyl (C=O) groups is 1. The van der Waals surface area contributed by atoms with Gasteiger partial charge in [0.05, 0.1) is 13.1 Å². The van der Waals surface area contributed by atoms with E-state index in [-0.39, 0.29) is 30.5 Å². The summed E-state index contributed by atoms with van der Waals surface area (Å²) in [6, 6.07) is 19.2. The van der Waals surface area contributed by atoms with Crippen LogP contribution in [0.5, 0.6) is 0 Å². The number of nitrogens with zero attached hydrogens (tertiary/aromatic N) is 3. The molecule has 0 aliphatic rings. The fraction of sp³-hybridized carbons (Fsp3) is 0.292. The van der Waals surface area contributed by atoms with Gasteiger partial charge in [-0.2, -0.15) is 0 Å². The molecule has 0 radical (unpaired) electrons. The van der Waals surface area contributed by atoms with Crippen LogP contribution < -0.4 is 17.0 Å². The first-order valence-corrected chi connectivity index (χ1v) is 10.2. The molecule has 1 heterocycles. The minimum atomic E-state index is -0.666. The highest BCUT2D eigenvalue weighted by Crippen LogP contribution is 2.13. The fourth-order valence-electron chi connectivity index (χ4n) is 3.47. The van der Waals surface area contributed by atoms with Gasteiger partial charge in [0.2, 0.25) is 0 Å². The van der Waals surface area contributed by atoms with Crippen LogP contribution in [-0.4, -0.2) is 32.4 Å². The molecule has 0 amide bonds. The summed E-state index contributed by atoms with van der Waals surface area (Å²) < 4.78 is 2.23. The summed E-state index contributed by atoms with van der Waals surface area (Å²) in [5.41, 5.74) is 6.78. The van der Waals surface area contributed by atoms with Crippen molar-refractivity contribution >= 4 is 11.6 Å². The SMILES string of the molecule is CC(C)N(CC(=O)c1c(N)n(Cc2ccccc2)c(=O)n(C)c1=O)Cc1ccccc1. The van der Waals surface area contributed by atoms with Gasteiger partial charge in [-0.3, -0.25) is 23.6 Å². The first-order valence-electron chi connectivity index (χ1n) is 10.2. The molecule has 0 fully saturated rings. The molecule has 7 heteroatoms. The lowest BCUT2D eigenvalue weighted by molar-refractivity contribution is 0.0896. The topological polar surface area (TPSA) is 90.3 Å². The third kappa shape index (κ3) is 5.00. The van der Waals surface area contributed by atoms with E-state index >= 15 is 0 Å². The van der Waals surface area contributed by atoms with Gasteiger partial charge in [-0.25, -0.2) is 4.79 Å². The molecule has 0 aliphatic heterocycles. The van der Waals surface area contributed by atoms with Gasteiger partial charge >= 0.3 is 5.69 Å². The third-order valence-electron chi connectivity index (χ3n) is 5.35. The molecule has 3 rings (SSSR count). The Morgan fingerprint density at radius 2 is 1.52 bits per heavy atom. The molecule has 2 aromatic carbocycles. The van der Waals surface area contributed by atoms with Crippen molar-refractivity contribution in [2.45, 2.75) is 33.0 Å². The lowest BCUT2D eigenvalue weighted by Gasteiger charge is -2.26. The van der Waals surface area contributed by atoms with Gasteiger partial charge in [0.1, 0.15) is 11.4 Å². The summed E-state index contributed by atoms with van der Waals surface area (Å²) in [5, 5.41) is 0. The van der Waals surface area contributed by atoms with Crippen LogP contribution >= 0.6 is 0 Å². The summed E-state index contributed by atoms with van der Waals surface area (Å²) >= 11 is 0. The van der Waals surface area contributed by atoms with Gasteiger partial charge in [0.15, 0.2) is 5.78 Å². The monoisotopic (exact) mass is 420 g/mol. The number of rotatable bonds is 8. The van der Waals surface area contributed by atoms with Crippen LogP contribution in [-0.2, 0) is 20.1 Å². The smallest absolute Gasteiger partial charge is 0.332 e. The van der Waals surface area contributed by atoms with E-state index in [0.29, 0.717) is 6.54 Å². The largest absolute Gasteiger partial charge is 0.384 e. The summed E-state index contributed by atoms with van der Waals surface area (Å²) in [6.07, 6.45) is 0.